The van der Waals surface area contributed by atoms with Crippen molar-refractivity contribution in [1.82, 2.24) is 0 Å². The summed E-state index contributed by atoms with van der Waals surface area (Å²) in [6.07, 6.45) is -6.25. The number of carbonyl (C=O) groups excluding carboxylic acids is 1. The molecule has 8 heteroatoms. The molecule has 0 unspecified atom stereocenters. The summed E-state index contributed by atoms with van der Waals surface area (Å²) in [5, 5.41) is 13.8. The highest BCUT2D eigenvalue weighted by atomic mass is 19.4. The van der Waals surface area contributed by atoms with Crippen LogP contribution in [0.15, 0.2) is 84.9 Å². The second kappa shape index (κ2) is 8.36. The Labute approximate surface area is 170 Å². The minimum Gasteiger partial charge on any atom is -0.325 e. The molecule has 3 aromatic rings. The molecular formula is C22H17F3N2O3. The van der Waals surface area contributed by atoms with Crippen molar-refractivity contribution in [2.75, 3.05) is 5.32 Å². The number of carbonyl (C=O) groups is 1. The summed E-state index contributed by atoms with van der Waals surface area (Å²) in [4.78, 5) is 24.0. The molecule has 5 nitrogen and oxygen atoms in total. The molecule has 0 saturated carbocycles. The van der Waals surface area contributed by atoms with Gasteiger partial charge in [0, 0.05) is 17.8 Å². The summed E-state index contributed by atoms with van der Waals surface area (Å²) in [7, 11) is 0. The van der Waals surface area contributed by atoms with Crippen molar-refractivity contribution in [2.24, 2.45) is 0 Å². The highest BCUT2D eigenvalue weighted by Gasteiger charge is 2.50. The number of nitrogens with one attached hydrogen (secondary N) is 1. The van der Waals surface area contributed by atoms with Crippen LogP contribution in [0.25, 0.3) is 0 Å². The maximum Gasteiger partial charge on any atom is 0.390 e. The van der Waals surface area contributed by atoms with Crippen molar-refractivity contribution in [3.8, 4) is 0 Å². The topological polar surface area (TPSA) is 72.2 Å². The average Bonchev–Trinajstić information content (AvgIpc) is 2.72. The number of halogens is 3. The van der Waals surface area contributed by atoms with E-state index in [9.17, 15) is 28.1 Å². The first-order valence-electron chi connectivity index (χ1n) is 8.96. The molecule has 0 radical (unpaired) electrons. The van der Waals surface area contributed by atoms with Gasteiger partial charge in [-0.25, -0.2) is 0 Å². The average molecular weight is 414 g/mol. The van der Waals surface area contributed by atoms with Gasteiger partial charge < -0.3 is 5.32 Å². The van der Waals surface area contributed by atoms with E-state index in [-0.39, 0.29) is 11.1 Å². The highest BCUT2D eigenvalue weighted by Crippen LogP contribution is 2.43. The molecule has 3 aromatic carbocycles. The molecule has 0 aromatic heterocycles. The Kier molecular flexibility index (Phi) is 5.86. The van der Waals surface area contributed by atoms with E-state index in [0.717, 1.165) is 6.07 Å². The van der Waals surface area contributed by atoms with E-state index in [1.807, 2.05) is 0 Å². The minimum absolute atomic E-state index is 0.0799. The van der Waals surface area contributed by atoms with Gasteiger partial charge >= 0.3 is 6.18 Å². The molecule has 0 aliphatic carbocycles. The molecule has 0 spiro atoms. The maximum atomic E-state index is 13.8. The molecule has 0 aliphatic rings. The van der Waals surface area contributed by atoms with E-state index in [4.69, 9.17) is 0 Å². The third-order valence-electron chi connectivity index (χ3n) is 4.70. The first-order valence-corrected chi connectivity index (χ1v) is 8.96. The van der Waals surface area contributed by atoms with Gasteiger partial charge in [0.2, 0.25) is 5.91 Å². The van der Waals surface area contributed by atoms with Crippen LogP contribution in [0, 0.1) is 10.1 Å². The van der Waals surface area contributed by atoms with Crippen LogP contribution in [-0.4, -0.2) is 17.0 Å². The minimum atomic E-state index is -4.73. The number of amides is 1. The summed E-state index contributed by atoms with van der Waals surface area (Å²) < 4.78 is 41.3. The highest BCUT2D eigenvalue weighted by molar-refractivity contribution is 6.02. The van der Waals surface area contributed by atoms with E-state index in [1.165, 1.54) is 42.5 Å². The number of benzene rings is 3. The van der Waals surface area contributed by atoms with Gasteiger partial charge in [-0.15, -0.1) is 0 Å². The number of anilines is 1. The first-order chi connectivity index (χ1) is 14.2. The van der Waals surface area contributed by atoms with Crippen molar-refractivity contribution >= 4 is 17.3 Å². The number of alkyl halides is 3. The Bertz CT molecular complexity index is 1040. The first kappa shape index (κ1) is 21.0. The second-order valence-corrected chi connectivity index (χ2v) is 6.69. The van der Waals surface area contributed by atoms with E-state index in [1.54, 1.807) is 36.4 Å². The Morgan fingerprint density at radius 2 is 1.43 bits per heavy atom. The third-order valence-corrected chi connectivity index (χ3v) is 4.70. The number of para-hydroxylation sites is 1. The largest absolute Gasteiger partial charge is 0.390 e. The maximum absolute atomic E-state index is 13.8. The van der Waals surface area contributed by atoms with Crippen LogP contribution in [0.4, 0.5) is 24.5 Å². The molecule has 0 bridgehead atoms. The van der Waals surface area contributed by atoms with Gasteiger partial charge in [0.1, 0.15) is 5.41 Å². The normalized spacial score (nSPS) is 13.3. The van der Waals surface area contributed by atoms with Gasteiger partial charge in [0.15, 0.2) is 0 Å². The van der Waals surface area contributed by atoms with Crippen LogP contribution >= 0.6 is 0 Å². The fourth-order valence-corrected chi connectivity index (χ4v) is 3.38. The van der Waals surface area contributed by atoms with E-state index >= 15 is 0 Å². The molecule has 3 rings (SSSR count). The quantitative estimate of drug-likeness (QED) is 0.429. The Morgan fingerprint density at radius 3 is 2.00 bits per heavy atom. The van der Waals surface area contributed by atoms with Crippen molar-refractivity contribution < 1.29 is 22.9 Å². The number of hydrogen-bond acceptors (Lipinski definition) is 3. The van der Waals surface area contributed by atoms with E-state index in [0.29, 0.717) is 5.69 Å². The molecular weight excluding hydrogens is 397 g/mol. The van der Waals surface area contributed by atoms with Crippen molar-refractivity contribution in [3.63, 3.8) is 0 Å². The zero-order chi connectivity index (χ0) is 21.8. The molecule has 0 aliphatic heterocycles. The van der Waals surface area contributed by atoms with Gasteiger partial charge in [0.05, 0.1) is 11.3 Å². The zero-order valence-electron chi connectivity index (χ0n) is 15.6. The fourth-order valence-electron chi connectivity index (χ4n) is 3.38. The van der Waals surface area contributed by atoms with Gasteiger partial charge in [-0.1, -0.05) is 60.7 Å². The zero-order valence-corrected chi connectivity index (χ0v) is 15.6. The van der Waals surface area contributed by atoms with Crippen molar-refractivity contribution in [3.05, 3.63) is 106 Å². The van der Waals surface area contributed by atoms with E-state index < -0.39 is 34.5 Å². The molecule has 154 valence electrons. The van der Waals surface area contributed by atoms with Crippen molar-refractivity contribution in [1.29, 1.82) is 0 Å². The van der Waals surface area contributed by atoms with Crippen LogP contribution in [0.3, 0.4) is 0 Å². The number of nitrogens with zero attached hydrogens (tertiary/aromatic N) is 1. The lowest BCUT2D eigenvalue weighted by Crippen LogP contribution is -2.45. The molecule has 0 fully saturated rings. The third kappa shape index (κ3) is 4.48. The number of nitro benzene ring substituents is 1. The summed E-state index contributed by atoms with van der Waals surface area (Å²) in [6, 6.07) is 20.3. The molecule has 0 saturated heterocycles. The molecule has 30 heavy (non-hydrogen) atoms. The molecule has 1 N–H and O–H groups in total. The SMILES string of the molecule is O=C(Nc1ccccc1)[C@@](CC(F)(F)F)(c1ccccc1)c1cccc([N+](=O)[O-])c1. The lowest BCUT2D eigenvalue weighted by Gasteiger charge is -2.34. The van der Waals surface area contributed by atoms with Crippen LogP contribution in [-0.2, 0) is 10.2 Å². The van der Waals surface area contributed by atoms with Gasteiger partial charge in [-0.05, 0) is 23.3 Å². The van der Waals surface area contributed by atoms with Crippen LogP contribution < -0.4 is 5.32 Å². The predicted molar refractivity (Wildman–Crippen MR) is 106 cm³/mol. The molecule has 1 atom stereocenters. The number of hydrogen-bond donors (Lipinski definition) is 1. The standard InChI is InChI=1S/C22H17F3N2O3/c23-22(24,25)15-21(16-8-3-1-4-9-16,17-10-7-13-19(14-17)27(29)30)20(28)26-18-11-5-2-6-12-18/h1-14H,15H2,(H,26,28)/t21-/m0/s1. The van der Waals surface area contributed by atoms with Crippen LogP contribution in [0.5, 0.6) is 0 Å². The second-order valence-electron chi connectivity index (χ2n) is 6.69. The molecule has 0 heterocycles. The van der Waals surface area contributed by atoms with Crippen LogP contribution in [0.2, 0.25) is 0 Å². The van der Waals surface area contributed by atoms with Gasteiger partial charge in [0.25, 0.3) is 5.69 Å². The fraction of sp³-hybridized carbons (Fsp3) is 0.136. The monoisotopic (exact) mass is 414 g/mol. The summed E-state index contributed by atoms with van der Waals surface area (Å²) in [6.45, 7) is 0. The van der Waals surface area contributed by atoms with Gasteiger partial charge in [-0.3, -0.25) is 14.9 Å². The number of non-ortho nitro benzene ring substituents is 1. The van der Waals surface area contributed by atoms with E-state index in [2.05, 4.69) is 5.32 Å². The lowest BCUT2D eigenvalue weighted by molar-refractivity contribution is -0.385. The van der Waals surface area contributed by atoms with Crippen molar-refractivity contribution in [2.45, 2.75) is 18.0 Å². The summed E-state index contributed by atoms with van der Waals surface area (Å²) >= 11 is 0. The summed E-state index contributed by atoms with van der Waals surface area (Å²) in [5.41, 5.74) is -2.34. The number of nitro groups is 1. The van der Waals surface area contributed by atoms with Gasteiger partial charge in [-0.2, -0.15) is 13.2 Å². The predicted octanol–water partition coefficient (Wildman–Crippen LogP) is 5.47. The Balaban J connectivity index is 2.25. The summed E-state index contributed by atoms with van der Waals surface area (Å²) in [5.74, 6) is -0.933. The van der Waals surface area contributed by atoms with Crippen LogP contribution in [0.1, 0.15) is 17.5 Å². The Hall–Kier alpha value is -3.68. The Morgan fingerprint density at radius 1 is 0.867 bits per heavy atom. The molecule has 1 amide bonds. The number of rotatable bonds is 6. The smallest absolute Gasteiger partial charge is 0.325 e. The lowest BCUT2D eigenvalue weighted by atomic mass is 9.70.